The van der Waals surface area contributed by atoms with Crippen LogP contribution in [0.25, 0.3) is 0 Å². The zero-order valence-corrected chi connectivity index (χ0v) is 22.3. The summed E-state index contributed by atoms with van der Waals surface area (Å²) in [5.41, 5.74) is 1.64. The number of sulfonamides is 1. The molecule has 1 heterocycles. The lowest BCUT2D eigenvalue weighted by atomic mass is 9.83. The first kappa shape index (κ1) is 26.0. The van der Waals surface area contributed by atoms with Gasteiger partial charge in [-0.3, -0.25) is 9.10 Å². The van der Waals surface area contributed by atoms with Crippen molar-refractivity contribution in [3.05, 3.63) is 88.9 Å². The molecule has 1 atom stereocenters. The highest BCUT2D eigenvalue weighted by Gasteiger charge is 2.39. The number of nitrogens with zero attached hydrogens (tertiary/aromatic N) is 1. The summed E-state index contributed by atoms with van der Waals surface area (Å²) in [5.74, 6) is 0.339. The van der Waals surface area contributed by atoms with Crippen molar-refractivity contribution in [2.75, 3.05) is 10.8 Å². The molecule has 1 aliphatic heterocycles. The standard InChI is InChI=1S/C28H31ClN2O4S/c1-4-28(5-2)18-25(23-13-9-10-14-26(23)35-28)30-27(32)19-31(21-16-15-20(3)24(29)17-21)36(33,34)22-11-7-6-8-12-22/h6-17,25H,4-5,18-19H2,1-3H3,(H,30,32)/t25-/m0/s1. The smallest absolute Gasteiger partial charge is 0.264 e. The number of benzene rings is 3. The van der Waals surface area contributed by atoms with Crippen molar-refractivity contribution < 1.29 is 17.9 Å². The second-order valence-electron chi connectivity index (χ2n) is 9.11. The Morgan fingerprint density at radius 2 is 1.72 bits per heavy atom. The van der Waals surface area contributed by atoms with E-state index in [-0.39, 0.29) is 17.5 Å². The fourth-order valence-electron chi connectivity index (χ4n) is 4.57. The Balaban J connectivity index is 1.66. The van der Waals surface area contributed by atoms with E-state index in [1.807, 2.05) is 31.2 Å². The van der Waals surface area contributed by atoms with Crippen LogP contribution in [0.3, 0.4) is 0 Å². The van der Waals surface area contributed by atoms with Crippen LogP contribution in [0.4, 0.5) is 5.69 Å². The third kappa shape index (κ3) is 5.22. The number of amides is 1. The van der Waals surface area contributed by atoms with Crippen molar-refractivity contribution in [3.8, 4) is 5.75 Å². The average Bonchev–Trinajstić information content (AvgIpc) is 2.89. The van der Waals surface area contributed by atoms with Crippen molar-refractivity contribution in [2.45, 2.75) is 56.6 Å². The minimum atomic E-state index is -4.02. The number of para-hydroxylation sites is 1. The van der Waals surface area contributed by atoms with Gasteiger partial charge in [-0.2, -0.15) is 0 Å². The minimum absolute atomic E-state index is 0.0990. The van der Waals surface area contributed by atoms with E-state index >= 15 is 0 Å². The van der Waals surface area contributed by atoms with Crippen molar-refractivity contribution in [3.63, 3.8) is 0 Å². The largest absolute Gasteiger partial charge is 0.487 e. The summed E-state index contributed by atoms with van der Waals surface area (Å²) < 4.78 is 34.7. The van der Waals surface area contributed by atoms with E-state index in [1.165, 1.54) is 12.1 Å². The van der Waals surface area contributed by atoms with Crippen LogP contribution in [0, 0.1) is 6.92 Å². The van der Waals surface area contributed by atoms with E-state index in [9.17, 15) is 13.2 Å². The maximum Gasteiger partial charge on any atom is 0.264 e. The van der Waals surface area contributed by atoms with Crippen LogP contribution in [0.1, 0.15) is 50.3 Å². The van der Waals surface area contributed by atoms with E-state index in [4.69, 9.17) is 16.3 Å². The van der Waals surface area contributed by atoms with Crippen LogP contribution >= 0.6 is 11.6 Å². The summed E-state index contributed by atoms with van der Waals surface area (Å²) in [4.78, 5) is 13.5. The Morgan fingerprint density at radius 1 is 1.06 bits per heavy atom. The number of aryl methyl sites for hydroxylation is 1. The van der Waals surface area contributed by atoms with Gasteiger partial charge in [0, 0.05) is 17.0 Å². The number of carbonyl (C=O) groups excluding carboxylic acids is 1. The molecule has 8 heteroatoms. The van der Waals surface area contributed by atoms with E-state index in [1.54, 1.807) is 36.4 Å². The molecule has 0 fully saturated rings. The SMILES string of the molecule is CCC1(CC)C[C@H](NC(=O)CN(c2ccc(C)c(Cl)c2)S(=O)(=O)c2ccccc2)c2ccccc2O1. The number of anilines is 1. The molecule has 0 spiro atoms. The van der Waals surface area contributed by atoms with E-state index in [0.717, 1.165) is 34.0 Å². The molecular formula is C28H31ClN2O4S. The molecule has 4 rings (SSSR count). The maximum atomic E-state index is 13.6. The third-order valence-corrected chi connectivity index (χ3v) is 9.08. The predicted molar refractivity (Wildman–Crippen MR) is 143 cm³/mol. The Labute approximate surface area is 218 Å². The van der Waals surface area contributed by atoms with Crippen LogP contribution in [0.5, 0.6) is 5.75 Å². The summed E-state index contributed by atoms with van der Waals surface area (Å²) in [5, 5.41) is 3.52. The predicted octanol–water partition coefficient (Wildman–Crippen LogP) is 6.04. The Kier molecular flexibility index (Phi) is 7.62. The van der Waals surface area contributed by atoms with Crippen molar-refractivity contribution in [2.24, 2.45) is 0 Å². The van der Waals surface area contributed by atoms with Crippen molar-refractivity contribution in [1.82, 2.24) is 5.32 Å². The quantitative estimate of drug-likeness (QED) is 0.388. The first-order valence-corrected chi connectivity index (χ1v) is 13.9. The van der Waals surface area contributed by atoms with Crippen LogP contribution in [0.15, 0.2) is 77.7 Å². The Morgan fingerprint density at radius 3 is 2.39 bits per heavy atom. The van der Waals surface area contributed by atoms with Crippen LogP contribution in [-0.4, -0.2) is 26.5 Å². The molecular weight excluding hydrogens is 496 g/mol. The number of carbonyl (C=O) groups is 1. The van der Waals surface area contributed by atoms with Crippen LogP contribution in [0.2, 0.25) is 5.02 Å². The topological polar surface area (TPSA) is 75.7 Å². The Hall–Kier alpha value is -3.03. The van der Waals surface area contributed by atoms with E-state index < -0.39 is 21.5 Å². The lowest BCUT2D eigenvalue weighted by Gasteiger charge is -2.41. The fraction of sp³-hybridized carbons (Fsp3) is 0.321. The number of rotatable bonds is 8. The lowest BCUT2D eigenvalue weighted by Crippen LogP contribution is -2.47. The molecule has 0 bridgehead atoms. The highest BCUT2D eigenvalue weighted by atomic mass is 35.5. The van der Waals surface area contributed by atoms with Gasteiger partial charge in [0.05, 0.1) is 16.6 Å². The molecule has 1 N–H and O–H groups in total. The van der Waals surface area contributed by atoms with Gasteiger partial charge in [0.25, 0.3) is 10.0 Å². The maximum absolute atomic E-state index is 13.6. The number of fused-ring (bicyclic) bond motifs is 1. The zero-order valence-electron chi connectivity index (χ0n) is 20.7. The molecule has 0 radical (unpaired) electrons. The van der Waals surface area contributed by atoms with Gasteiger partial charge < -0.3 is 10.1 Å². The second-order valence-corrected chi connectivity index (χ2v) is 11.4. The van der Waals surface area contributed by atoms with Gasteiger partial charge in [-0.25, -0.2) is 8.42 Å². The van der Waals surface area contributed by atoms with Crippen LogP contribution < -0.4 is 14.4 Å². The number of nitrogens with one attached hydrogen (secondary N) is 1. The zero-order chi connectivity index (χ0) is 25.9. The average molecular weight is 527 g/mol. The van der Waals surface area contributed by atoms with Gasteiger partial charge in [0.1, 0.15) is 17.9 Å². The third-order valence-electron chi connectivity index (χ3n) is 6.88. The molecule has 1 aliphatic rings. The van der Waals surface area contributed by atoms with Crippen molar-refractivity contribution >= 4 is 33.2 Å². The number of ether oxygens (including phenoxy) is 1. The molecule has 190 valence electrons. The highest BCUT2D eigenvalue weighted by Crippen LogP contribution is 2.42. The molecule has 0 saturated heterocycles. The first-order valence-electron chi connectivity index (χ1n) is 12.1. The van der Waals surface area contributed by atoms with Gasteiger partial charge in [-0.15, -0.1) is 0 Å². The van der Waals surface area contributed by atoms with Crippen LogP contribution in [-0.2, 0) is 14.8 Å². The molecule has 0 aliphatic carbocycles. The summed E-state index contributed by atoms with van der Waals surface area (Å²) in [6.45, 7) is 5.60. The summed E-state index contributed by atoms with van der Waals surface area (Å²) in [7, 11) is -4.02. The van der Waals surface area contributed by atoms with E-state index in [0.29, 0.717) is 17.1 Å². The number of hydrogen-bond donors (Lipinski definition) is 1. The van der Waals surface area contributed by atoms with Crippen molar-refractivity contribution in [1.29, 1.82) is 0 Å². The molecule has 0 aromatic heterocycles. The Bertz CT molecular complexity index is 1340. The molecule has 6 nitrogen and oxygen atoms in total. The van der Waals surface area contributed by atoms with E-state index in [2.05, 4.69) is 19.2 Å². The number of hydrogen-bond acceptors (Lipinski definition) is 4. The van der Waals surface area contributed by atoms with Gasteiger partial charge in [0.2, 0.25) is 5.91 Å². The normalized spacial score (nSPS) is 16.5. The highest BCUT2D eigenvalue weighted by molar-refractivity contribution is 7.92. The molecule has 0 saturated carbocycles. The molecule has 1 amide bonds. The number of halogens is 1. The minimum Gasteiger partial charge on any atom is -0.487 e. The first-order chi connectivity index (χ1) is 17.2. The summed E-state index contributed by atoms with van der Waals surface area (Å²) in [6.07, 6.45) is 2.19. The molecule has 3 aromatic carbocycles. The molecule has 3 aromatic rings. The van der Waals surface area contributed by atoms with Gasteiger partial charge >= 0.3 is 0 Å². The lowest BCUT2D eigenvalue weighted by molar-refractivity contribution is -0.121. The fourth-order valence-corrected chi connectivity index (χ4v) is 6.18. The van der Waals surface area contributed by atoms with Gasteiger partial charge in [0.15, 0.2) is 0 Å². The van der Waals surface area contributed by atoms with Gasteiger partial charge in [-0.1, -0.05) is 67.9 Å². The molecule has 0 unspecified atom stereocenters. The van der Waals surface area contributed by atoms with Gasteiger partial charge in [-0.05, 0) is 55.7 Å². The molecule has 36 heavy (non-hydrogen) atoms. The monoisotopic (exact) mass is 526 g/mol. The summed E-state index contributed by atoms with van der Waals surface area (Å²) >= 11 is 6.33. The summed E-state index contributed by atoms with van der Waals surface area (Å²) in [6, 6.07) is 20.4. The second kappa shape index (κ2) is 10.5.